The number of amides is 2. The van der Waals surface area contributed by atoms with E-state index in [1.165, 1.54) is 0 Å². The fourth-order valence-corrected chi connectivity index (χ4v) is 3.47. The highest BCUT2D eigenvalue weighted by atomic mass is 16.7. The Morgan fingerprint density at radius 3 is 2.69 bits per heavy atom. The first-order valence-corrected chi connectivity index (χ1v) is 8.74. The fourth-order valence-electron chi connectivity index (χ4n) is 3.47. The fraction of sp³-hybridized carbons (Fsp3) is 0.300. The molecule has 0 spiro atoms. The quantitative estimate of drug-likeness (QED) is 0.849. The smallest absolute Gasteiger partial charge is 0.232 e. The number of benzene rings is 2. The number of hydrogen-bond acceptors (Lipinski definition) is 4. The molecular weight excluding hydrogens is 332 g/mol. The van der Waals surface area contributed by atoms with Crippen LogP contribution in [0.3, 0.4) is 0 Å². The zero-order chi connectivity index (χ0) is 18.1. The SMILES string of the molecule is CCN(C(=O)C1CC(=O)N(c2ccc3c(c2)OCO3)C1)c1ccccc1. The molecule has 0 aliphatic carbocycles. The van der Waals surface area contributed by atoms with Crippen molar-refractivity contribution in [2.24, 2.45) is 5.92 Å². The van der Waals surface area contributed by atoms with Crippen molar-refractivity contribution in [1.29, 1.82) is 0 Å². The number of rotatable bonds is 4. The Labute approximate surface area is 151 Å². The van der Waals surface area contributed by atoms with Crippen LogP contribution in [0.4, 0.5) is 11.4 Å². The Morgan fingerprint density at radius 2 is 1.92 bits per heavy atom. The van der Waals surface area contributed by atoms with Gasteiger partial charge in [-0.1, -0.05) is 18.2 Å². The number of nitrogens with zero attached hydrogens (tertiary/aromatic N) is 2. The summed E-state index contributed by atoms with van der Waals surface area (Å²) in [5, 5.41) is 0. The van der Waals surface area contributed by atoms with E-state index in [-0.39, 0.29) is 30.9 Å². The second-order valence-corrected chi connectivity index (χ2v) is 6.36. The highest BCUT2D eigenvalue weighted by Gasteiger charge is 2.37. The van der Waals surface area contributed by atoms with Gasteiger partial charge >= 0.3 is 0 Å². The van der Waals surface area contributed by atoms with Gasteiger partial charge < -0.3 is 19.3 Å². The Kier molecular flexibility index (Phi) is 4.24. The third-order valence-electron chi connectivity index (χ3n) is 4.79. The van der Waals surface area contributed by atoms with Gasteiger partial charge in [0.15, 0.2) is 11.5 Å². The molecule has 2 aliphatic rings. The van der Waals surface area contributed by atoms with Crippen molar-refractivity contribution in [3.05, 3.63) is 48.5 Å². The van der Waals surface area contributed by atoms with E-state index in [2.05, 4.69) is 0 Å². The van der Waals surface area contributed by atoms with Crippen molar-refractivity contribution in [2.45, 2.75) is 13.3 Å². The molecule has 1 fully saturated rings. The van der Waals surface area contributed by atoms with Crippen LogP contribution < -0.4 is 19.3 Å². The Morgan fingerprint density at radius 1 is 1.15 bits per heavy atom. The highest BCUT2D eigenvalue weighted by molar-refractivity contribution is 6.04. The Hall–Kier alpha value is -3.02. The number of carbonyl (C=O) groups excluding carboxylic acids is 2. The van der Waals surface area contributed by atoms with Gasteiger partial charge in [0.2, 0.25) is 18.6 Å². The van der Waals surface area contributed by atoms with E-state index < -0.39 is 0 Å². The van der Waals surface area contributed by atoms with Gasteiger partial charge in [-0.15, -0.1) is 0 Å². The lowest BCUT2D eigenvalue weighted by molar-refractivity contribution is -0.124. The van der Waals surface area contributed by atoms with Crippen LogP contribution in [-0.2, 0) is 9.59 Å². The van der Waals surface area contributed by atoms with E-state index in [1.807, 2.05) is 43.3 Å². The number of para-hydroxylation sites is 1. The molecule has 0 N–H and O–H groups in total. The minimum atomic E-state index is -0.354. The lowest BCUT2D eigenvalue weighted by Crippen LogP contribution is -2.37. The molecule has 1 atom stereocenters. The van der Waals surface area contributed by atoms with E-state index >= 15 is 0 Å². The summed E-state index contributed by atoms with van der Waals surface area (Å²) in [5.41, 5.74) is 1.59. The van der Waals surface area contributed by atoms with E-state index in [9.17, 15) is 9.59 Å². The predicted molar refractivity (Wildman–Crippen MR) is 97.5 cm³/mol. The van der Waals surface area contributed by atoms with Crippen molar-refractivity contribution in [3.8, 4) is 11.5 Å². The molecule has 0 aromatic heterocycles. The van der Waals surface area contributed by atoms with E-state index in [1.54, 1.807) is 21.9 Å². The van der Waals surface area contributed by atoms with Gasteiger partial charge in [-0.25, -0.2) is 0 Å². The van der Waals surface area contributed by atoms with Crippen molar-refractivity contribution in [2.75, 3.05) is 29.7 Å². The second kappa shape index (κ2) is 6.71. The van der Waals surface area contributed by atoms with E-state index in [0.29, 0.717) is 24.6 Å². The first-order chi connectivity index (χ1) is 12.7. The first kappa shape index (κ1) is 16.4. The molecular formula is C20H20N2O4. The largest absolute Gasteiger partial charge is 0.454 e. The topological polar surface area (TPSA) is 59.1 Å². The molecule has 26 heavy (non-hydrogen) atoms. The average molecular weight is 352 g/mol. The van der Waals surface area contributed by atoms with Crippen LogP contribution in [0.1, 0.15) is 13.3 Å². The minimum absolute atomic E-state index is 0.0182. The van der Waals surface area contributed by atoms with Crippen molar-refractivity contribution in [3.63, 3.8) is 0 Å². The predicted octanol–water partition coefficient (Wildman–Crippen LogP) is 2.82. The lowest BCUT2D eigenvalue weighted by Gasteiger charge is -2.24. The molecule has 0 radical (unpaired) electrons. The van der Waals surface area contributed by atoms with Crippen LogP contribution in [0.15, 0.2) is 48.5 Å². The summed E-state index contributed by atoms with van der Waals surface area (Å²) in [4.78, 5) is 28.9. The zero-order valence-electron chi connectivity index (χ0n) is 14.6. The van der Waals surface area contributed by atoms with Gasteiger partial charge in [0.25, 0.3) is 0 Å². The average Bonchev–Trinajstić information content (AvgIpc) is 3.28. The Balaban J connectivity index is 1.53. The van der Waals surface area contributed by atoms with Gasteiger partial charge in [0.05, 0.1) is 5.92 Å². The summed E-state index contributed by atoms with van der Waals surface area (Å²) >= 11 is 0. The van der Waals surface area contributed by atoms with Crippen LogP contribution in [0, 0.1) is 5.92 Å². The standard InChI is InChI=1S/C20H20N2O4/c1-2-21(15-6-4-3-5-7-15)20(24)14-10-19(23)22(12-14)16-8-9-17-18(11-16)26-13-25-17/h3-9,11,14H,2,10,12-13H2,1H3. The molecule has 2 aromatic rings. The molecule has 0 saturated carbocycles. The summed E-state index contributed by atoms with van der Waals surface area (Å²) in [6.07, 6.45) is 0.219. The van der Waals surface area contributed by atoms with Gasteiger partial charge in [-0.3, -0.25) is 9.59 Å². The van der Waals surface area contributed by atoms with Crippen LogP contribution in [0.5, 0.6) is 11.5 Å². The maximum Gasteiger partial charge on any atom is 0.232 e. The molecule has 0 bridgehead atoms. The molecule has 2 amide bonds. The third-order valence-corrected chi connectivity index (χ3v) is 4.79. The number of ether oxygens (including phenoxy) is 2. The third kappa shape index (κ3) is 2.87. The van der Waals surface area contributed by atoms with Crippen LogP contribution >= 0.6 is 0 Å². The van der Waals surface area contributed by atoms with Crippen molar-refractivity contribution in [1.82, 2.24) is 0 Å². The number of fused-ring (bicyclic) bond motifs is 1. The lowest BCUT2D eigenvalue weighted by atomic mass is 10.1. The highest BCUT2D eigenvalue weighted by Crippen LogP contribution is 2.37. The van der Waals surface area contributed by atoms with Gasteiger partial charge in [-0.05, 0) is 31.2 Å². The van der Waals surface area contributed by atoms with E-state index in [0.717, 1.165) is 11.4 Å². The van der Waals surface area contributed by atoms with Gasteiger partial charge in [0.1, 0.15) is 0 Å². The monoisotopic (exact) mass is 352 g/mol. The van der Waals surface area contributed by atoms with Crippen molar-refractivity contribution < 1.29 is 19.1 Å². The second-order valence-electron chi connectivity index (χ2n) is 6.36. The summed E-state index contributed by atoms with van der Waals surface area (Å²) in [6, 6.07) is 15.0. The van der Waals surface area contributed by atoms with E-state index in [4.69, 9.17) is 9.47 Å². The maximum absolute atomic E-state index is 13.0. The summed E-state index contributed by atoms with van der Waals surface area (Å²) in [5.74, 6) is 0.883. The minimum Gasteiger partial charge on any atom is -0.454 e. The van der Waals surface area contributed by atoms with Crippen LogP contribution in [-0.4, -0.2) is 31.7 Å². The molecule has 1 unspecified atom stereocenters. The maximum atomic E-state index is 13.0. The molecule has 2 aliphatic heterocycles. The molecule has 6 heteroatoms. The van der Waals surface area contributed by atoms with Gasteiger partial charge in [0, 0.05) is 37.0 Å². The summed E-state index contributed by atoms with van der Waals surface area (Å²) < 4.78 is 10.7. The van der Waals surface area contributed by atoms with Gasteiger partial charge in [-0.2, -0.15) is 0 Å². The molecule has 2 aromatic carbocycles. The number of carbonyl (C=O) groups is 2. The molecule has 134 valence electrons. The molecule has 4 rings (SSSR count). The van der Waals surface area contributed by atoms with Crippen molar-refractivity contribution >= 4 is 23.2 Å². The molecule has 2 heterocycles. The molecule has 1 saturated heterocycles. The Bertz CT molecular complexity index is 837. The zero-order valence-corrected chi connectivity index (χ0v) is 14.6. The summed E-state index contributed by atoms with van der Waals surface area (Å²) in [7, 11) is 0. The van der Waals surface area contributed by atoms with Crippen LogP contribution in [0.25, 0.3) is 0 Å². The molecule has 6 nitrogen and oxygen atoms in total. The summed E-state index contributed by atoms with van der Waals surface area (Å²) in [6.45, 7) is 3.08. The normalized spacial score (nSPS) is 18.3. The number of anilines is 2. The number of hydrogen-bond donors (Lipinski definition) is 0. The van der Waals surface area contributed by atoms with Crippen LogP contribution in [0.2, 0.25) is 0 Å². The first-order valence-electron chi connectivity index (χ1n) is 8.74.